The zero-order chi connectivity index (χ0) is 42.1. The maximum absolute atomic E-state index is 14.5. The molecule has 0 saturated heterocycles. The number of carbonyl (C=O) groups excluding carboxylic acids is 2. The van der Waals surface area contributed by atoms with Crippen molar-refractivity contribution < 1.29 is 139 Å². The van der Waals surface area contributed by atoms with Gasteiger partial charge in [0.15, 0.2) is 0 Å². The van der Waals surface area contributed by atoms with Gasteiger partial charge in [0.25, 0.3) is 6.36 Å². The van der Waals surface area contributed by atoms with Crippen molar-refractivity contribution in [3.05, 3.63) is 24.3 Å². The summed E-state index contributed by atoms with van der Waals surface area (Å²) in [4.78, 5) is 23.0. The maximum Gasteiger partial charge on any atom is 0.527 e. The first-order chi connectivity index (χ1) is 22.5. The monoisotopic (exact) mass is 828 g/mol. The molecule has 0 radical (unpaired) electrons. The summed E-state index contributed by atoms with van der Waals surface area (Å²) in [7, 11) is 0. The number of esters is 2. The predicted molar refractivity (Wildman–Crippen MR) is 111 cm³/mol. The Bertz CT molecular complexity index is 1310. The number of alkyl halides is 22. The summed E-state index contributed by atoms with van der Waals surface area (Å²) in [5.74, 6) is -9.62. The Hall–Kier alpha value is -3.32. The van der Waals surface area contributed by atoms with E-state index in [-0.39, 0.29) is 0 Å². The first kappa shape index (κ1) is 48.7. The predicted octanol–water partition coefficient (Wildman–Crippen LogP) is 7.87. The average Bonchev–Trinajstić information content (AvgIpc) is 2.86. The third-order valence-corrected chi connectivity index (χ3v) is 4.66. The van der Waals surface area contributed by atoms with Crippen LogP contribution in [0.1, 0.15) is 13.8 Å². The van der Waals surface area contributed by atoms with Crippen LogP contribution in [0.2, 0.25) is 0 Å². The first-order valence-electron chi connectivity index (χ1n) is 11.8. The van der Waals surface area contributed by atoms with Crippen molar-refractivity contribution in [2.75, 3.05) is 6.61 Å². The molecule has 2 atom stereocenters. The lowest BCUT2D eigenvalue weighted by Gasteiger charge is -2.36. The second kappa shape index (κ2) is 15.2. The van der Waals surface area contributed by atoms with Crippen molar-refractivity contribution in [1.29, 1.82) is 0 Å². The van der Waals surface area contributed by atoms with Crippen LogP contribution in [0.25, 0.3) is 0 Å². The fourth-order valence-corrected chi connectivity index (χ4v) is 2.20. The van der Waals surface area contributed by atoms with Crippen molar-refractivity contribution >= 4 is 11.9 Å². The van der Waals surface area contributed by atoms with Crippen LogP contribution in [0.15, 0.2) is 24.3 Å². The van der Waals surface area contributed by atoms with E-state index in [2.05, 4.69) is 27.4 Å². The molecule has 0 aromatic rings. The molecule has 0 spiro atoms. The van der Waals surface area contributed by atoms with Gasteiger partial charge < -0.3 is 9.47 Å². The van der Waals surface area contributed by atoms with E-state index in [1.165, 1.54) is 18.9 Å². The van der Waals surface area contributed by atoms with Crippen molar-refractivity contribution in [1.82, 2.24) is 0 Å². The van der Waals surface area contributed by atoms with Gasteiger partial charge in [0, 0.05) is 11.1 Å². The van der Waals surface area contributed by atoms with E-state index in [0.717, 1.165) is 6.92 Å². The van der Waals surface area contributed by atoms with Crippen LogP contribution in [0.5, 0.6) is 0 Å². The van der Waals surface area contributed by atoms with Crippen LogP contribution in [-0.2, 0) is 42.7 Å². The number of hydrogen-bond acceptors (Lipinski definition) is 9. The Morgan fingerprint density at radius 2 is 0.788 bits per heavy atom. The molecule has 0 aliphatic carbocycles. The Morgan fingerprint density at radius 1 is 0.500 bits per heavy atom. The normalized spacial score (nSPS) is 15.9. The highest BCUT2D eigenvalue weighted by molar-refractivity contribution is 5.87. The molecule has 0 aliphatic rings. The first-order valence-corrected chi connectivity index (χ1v) is 11.8. The standard InChI is InChI=1S/C21H14F22O9/c1-6(2)9(44)46-5-8(47-10(45)7(3)4)12(23,24)11(22)48-13(25,26)14(27,28)49-15(29,30)16(31,32)50-17(33,34)18(35,36)51-19(37,38)20(39,40)52-21(41,42)43/h8,11H,1,3,5H2,2,4H3. The number of carbonyl (C=O) groups is 2. The molecular weight excluding hydrogens is 814 g/mol. The highest BCUT2D eigenvalue weighted by Gasteiger charge is 2.79. The maximum atomic E-state index is 14.5. The molecule has 0 amide bonds. The Kier molecular flexibility index (Phi) is 14.2. The molecule has 306 valence electrons. The Balaban J connectivity index is 6.32. The van der Waals surface area contributed by atoms with E-state index >= 15 is 0 Å². The number of halogens is 22. The van der Waals surface area contributed by atoms with Crippen molar-refractivity contribution in [2.45, 2.75) is 87.5 Å². The third-order valence-electron chi connectivity index (χ3n) is 4.66. The van der Waals surface area contributed by atoms with Crippen molar-refractivity contribution in [3.8, 4) is 0 Å². The number of rotatable bonds is 20. The summed E-state index contributed by atoms with van der Waals surface area (Å²) < 4.78 is 309. The van der Waals surface area contributed by atoms with Crippen molar-refractivity contribution in [3.63, 3.8) is 0 Å². The molecule has 0 rings (SSSR count). The van der Waals surface area contributed by atoms with E-state index < -0.39 is 103 Å². The molecular formula is C21H14F22O9. The van der Waals surface area contributed by atoms with Gasteiger partial charge in [-0.25, -0.2) is 32.9 Å². The highest BCUT2D eigenvalue weighted by Crippen LogP contribution is 2.52. The lowest BCUT2D eigenvalue weighted by Crippen LogP contribution is -2.61. The van der Waals surface area contributed by atoms with Gasteiger partial charge in [-0.15, -0.1) is 13.2 Å². The largest absolute Gasteiger partial charge is 0.527 e. The molecule has 0 aromatic carbocycles. The minimum absolute atomic E-state index is 0.629. The van der Waals surface area contributed by atoms with Gasteiger partial charge in [-0.05, 0) is 13.8 Å². The summed E-state index contributed by atoms with van der Waals surface area (Å²) in [5.41, 5.74) is -1.48. The lowest BCUT2D eigenvalue weighted by molar-refractivity contribution is -0.588. The van der Waals surface area contributed by atoms with Gasteiger partial charge in [0.2, 0.25) is 6.10 Å². The van der Waals surface area contributed by atoms with Gasteiger partial charge in [-0.1, -0.05) is 13.2 Å². The van der Waals surface area contributed by atoms with Crippen LogP contribution >= 0.6 is 0 Å². The third kappa shape index (κ3) is 11.8. The van der Waals surface area contributed by atoms with Crippen LogP contribution in [0.3, 0.4) is 0 Å². The van der Waals surface area contributed by atoms with Crippen LogP contribution in [0, 0.1) is 0 Å². The molecule has 0 N–H and O–H groups in total. The second-order valence-corrected chi connectivity index (χ2v) is 9.15. The van der Waals surface area contributed by atoms with Crippen LogP contribution in [0.4, 0.5) is 96.6 Å². The number of ether oxygens (including phenoxy) is 7. The fourth-order valence-electron chi connectivity index (χ4n) is 2.20. The summed E-state index contributed by atoms with van der Waals surface area (Å²) in [6.45, 7) is 5.20. The SMILES string of the molecule is C=C(C)C(=O)OCC(OC(=O)C(=C)C)C(F)(F)C(F)OC(F)(F)C(F)(F)OC(F)(F)C(F)(F)OC(F)(F)C(F)(F)OC(F)(F)C(F)(F)OC(F)(F)F. The summed E-state index contributed by atoms with van der Waals surface area (Å²) in [5, 5.41) is 0. The molecule has 0 fully saturated rings. The Labute approximate surface area is 270 Å². The van der Waals surface area contributed by atoms with Crippen molar-refractivity contribution in [2.24, 2.45) is 0 Å². The van der Waals surface area contributed by atoms with E-state index in [1.807, 2.05) is 0 Å². The molecule has 2 unspecified atom stereocenters. The van der Waals surface area contributed by atoms with Gasteiger partial charge in [0.05, 0.1) is 0 Å². The smallest absolute Gasteiger partial charge is 0.458 e. The topological polar surface area (TPSA) is 98.8 Å². The molecule has 52 heavy (non-hydrogen) atoms. The van der Waals surface area contributed by atoms with E-state index in [1.54, 1.807) is 0 Å². The molecule has 0 bridgehead atoms. The molecule has 0 saturated carbocycles. The van der Waals surface area contributed by atoms with E-state index in [0.29, 0.717) is 6.92 Å². The molecule has 0 heterocycles. The Morgan fingerprint density at radius 3 is 1.08 bits per heavy atom. The second-order valence-electron chi connectivity index (χ2n) is 9.15. The van der Waals surface area contributed by atoms with Gasteiger partial charge in [0.1, 0.15) is 6.61 Å². The summed E-state index contributed by atoms with van der Waals surface area (Å²) in [6.07, 6.45) is -78.5. The molecule has 0 aromatic heterocycles. The van der Waals surface area contributed by atoms with E-state index in [9.17, 15) is 106 Å². The molecule has 31 heteroatoms. The zero-order valence-electron chi connectivity index (χ0n) is 24.3. The van der Waals surface area contributed by atoms with Gasteiger partial charge in [-0.3, -0.25) is 4.74 Å². The zero-order valence-corrected chi connectivity index (χ0v) is 24.3. The highest BCUT2D eigenvalue weighted by atomic mass is 19.4. The molecule has 0 aliphatic heterocycles. The molecule has 9 nitrogen and oxygen atoms in total. The van der Waals surface area contributed by atoms with Crippen LogP contribution in [-0.4, -0.2) is 92.2 Å². The number of hydrogen-bond donors (Lipinski definition) is 0. The van der Waals surface area contributed by atoms with Crippen LogP contribution < -0.4 is 0 Å². The fraction of sp³-hybridized carbons (Fsp3) is 0.714. The van der Waals surface area contributed by atoms with Gasteiger partial charge in [-0.2, -0.15) is 79.0 Å². The summed E-state index contributed by atoms with van der Waals surface area (Å²) >= 11 is 0. The quantitative estimate of drug-likeness (QED) is 0.0690. The lowest BCUT2D eigenvalue weighted by atomic mass is 10.2. The summed E-state index contributed by atoms with van der Waals surface area (Å²) in [6, 6.07) is 0. The minimum atomic E-state index is -8.04. The van der Waals surface area contributed by atoms with E-state index in [4.69, 9.17) is 0 Å². The average molecular weight is 828 g/mol. The minimum Gasteiger partial charge on any atom is -0.458 e. The van der Waals surface area contributed by atoms with Gasteiger partial charge >= 0.3 is 73.1 Å².